The van der Waals surface area contributed by atoms with Gasteiger partial charge in [-0.15, -0.1) is 0 Å². The first-order valence-corrected chi connectivity index (χ1v) is 5.74. The van der Waals surface area contributed by atoms with E-state index in [1.807, 2.05) is 7.05 Å². The van der Waals surface area contributed by atoms with E-state index < -0.39 is 0 Å². The van der Waals surface area contributed by atoms with Crippen LogP contribution >= 0.6 is 0 Å². The number of nitrogens with one attached hydrogen (secondary N) is 1. The summed E-state index contributed by atoms with van der Waals surface area (Å²) >= 11 is 0. The van der Waals surface area contributed by atoms with Crippen LogP contribution in [-0.2, 0) is 6.54 Å². The molecule has 0 saturated carbocycles. The zero-order valence-corrected chi connectivity index (χ0v) is 9.62. The van der Waals surface area contributed by atoms with Gasteiger partial charge in [0, 0.05) is 19.3 Å². The fraction of sp³-hybridized carbons (Fsp3) is 0.583. The minimum absolute atomic E-state index is 0.247. The normalized spacial score (nSPS) is 21.5. The molecule has 0 aliphatic carbocycles. The molecule has 16 heavy (non-hydrogen) atoms. The maximum Gasteiger partial charge on any atom is 0.141 e. The molecular weight excluding hydrogens is 205 g/mol. The minimum Gasteiger partial charge on any atom is -0.319 e. The number of nitrogens with zero attached hydrogens (tertiary/aromatic N) is 2. The van der Waals surface area contributed by atoms with E-state index in [-0.39, 0.29) is 5.82 Å². The van der Waals surface area contributed by atoms with Gasteiger partial charge in [-0.2, -0.15) is 0 Å². The molecule has 1 aromatic heterocycles. The van der Waals surface area contributed by atoms with Crippen molar-refractivity contribution in [3.63, 3.8) is 0 Å². The van der Waals surface area contributed by atoms with Crippen LogP contribution in [0, 0.1) is 11.7 Å². The smallest absolute Gasteiger partial charge is 0.141 e. The van der Waals surface area contributed by atoms with Gasteiger partial charge in [0.05, 0.1) is 6.20 Å². The Hall–Kier alpha value is -1.00. The molecule has 1 fully saturated rings. The molecule has 1 saturated heterocycles. The second-order valence-electron chi connectivity index (χ2n) is 4.46. The molecule has 1 N–H and O–H groups in total. The van der Waals surface area contributed by atoms with Gasteiger partial charge < -0.3 is 5.32 Å². The molecule has 0 amide bonds. The Bertz CT molecular complexity index is 343. The Morgan fingerprint density at radius 1 is 1.56 bits per heavy atom. The van der Waals surface area contributed by atoms with Crippen molar-refractivity contribution in [3.05, 3.63) is 29.8 Å². The average Bonchev–Trinajstić information content (AvgIpc) is 2.66. The minimum atomic E-state index is -0.247. The van der Waals surface area contributed by atoms with Crippen molar-refractivity contribution in [2.24, 2.45) is 5.92 Å². The Balaban J connectivity index is 1.87. The van der Waals surface area contributed by atoms with Crippen LogP contribution < -0.4 is 5.32 Å². The number of rotatable bonds is 4. The quantitative estimate of drug-likeness (QED) is 0.833. The van der Waals surface area contributed by atoms with Crippen LogP contribution in [0.5, 0.6) is 0 Å². The third-order valence-electron chi connectivity index (χ3n) is 3.03. The topological polar surface area (TPSA) is 28.2 Å². The van der Waals surface area contributed by atoms with Gasteiger partial charge >= 0.3 is 0 Å². The largest absolute Gasteiger partial charge is 0.319 e. The third kappa shape index (κ3) is 3.00. The molecule has 0 spiro atoms. The summed E-state index contributed by atoms with van der Waals surface area (Å²) in [7, 11) is 1.99. The third-order valence-corrected chi connectivity index (χ3v) is 3.03. The standard InChI is InChI=1S/C12H18FN3/c1-14-5-10-2-3-16(8-10)9-11-4-12(13)7-15-6-11/h4,6-7,10,14H,2-3,5,8-9H2,1H3. The number of likely N-dealkylation sites (tertiary alicyclic amines) is 1. The number of aromatic nitrogens is 1. The Morgan fingerprint density at radius 2 is 2.44 bits per heavy atom. The van der Waals surface area contributed by atoms with E-state index in [0.717, 1.165) is 37.7 Å². The van der Waals surface area contributed by atoms with E-state index in [1.165, 1.54) is 12.6 Å². The van der Waals surface area contributed by atoms with E-state index in [2.05, 4.69) is 15.2 Å². The highest BCUT2D eigenvalue weighted by Gasteiger charge is 2.21. The molecule has 88 valence electrons. The number of pyridine rings is 1. The lowest BCUT2D eigenvalue weighted by atomic mass is 10.1. The molecule has 0 radical (unpaired) electrons. The summed E-state index contributed by atoms with van der Waals surface area (Å²) in [5.41, 5.74) is 0.963. The molecule has 3 nitrogen and oxygen atoms in total. The Morgan fingerprint density at radius 3 is 3.19 bits per heavy atom. The predicted molar refractivity (Wildman–Crippen MR) is 61.5 cm³/mol. The first-order valence-electron chi connectivity index (χ1n) is 5.74. The molecule has 1 atom stereocenters. The number of hydrogen-bond acceptors (Lipinski definition) is 3. The van der Waals surface area contributed by atoms with Gasteiger partial charge in [0.2, 0.25) is 0 Å². The van der Waals surface area contributed by atoms with Crippen LogP contribution in [0.2, 0.25) is 0 Å². The maximum atomic E-state index is 12.9. The van der Waals surface area contributed by atoms with Gasteiger partial charge in [0.25, 0.3) is 0 Å². The van der Waals surface area contributed by atoms with Crippen LogP contribution in [-0.4, -0.2) is 36.6 Å². The van der Waals surface area contributed by atoms with Gasteiger partial charge in [-0.25, -0.2) is 4.39 Å². The van der Waals surface area contributed by atoms with Crippen molar-refractivity contribution in [1.29, 1.82) is 0 Å². The summed E-state index contributed by atoms with van der Waals surface area (Å²) in [5, 5.41) is 3.20. The lowest BCUT2D eigenvalue weighted by molar-refractivity contribution is 0.314. The monoisotopic (exact) mass is 223 g/mol. The summed E-state index contributed by atoms with van der Waals surface area (Å²) < 4.78 is 12.9. The van der Waals surface area contributed by atoms with E-state index in [4.69, 9.17) is 0 Å². The fourth-order valence-electron chi connectivity index (χ4n) is 2.31. The molecule has 1 unspecified atom stereocenters. The Kier molecular flexibility index (Phi) is 3.85. The van der Waals surface area contributed by atoms with E-state index in [0.29, 0.717) is 0 Å². The van der Waals surface area contributed by atoms with Crippen LogP contribution in [0.15, 0.2) is 18.5 Å². The zero-order valence-electron chi connectivity index (χ0n) is 9.62. The number of hydrogen-bond donors (Lipinski definition) is 1. The molecule has 4 heteroatoms. The van der Waals surface area contributed by atoms with E-state index in [9.17, 15) is 4.39 Å². The molecule has 0 aromatic carbocycles. The zero-order chi connectivity index (χ0) is 11.4. The van der Waals surface area contributed by atoms with Crippen LogP contribution in [0.1, 0.15) is 12.0 Å². The summed E-state index contributed by atoms with van der Waals surface area (Å²) in [6, 6.07) is 1.57. The van der Waals surface area contributed by atoms with Crippen LogP contribution in [0.3, 0.4) is 0 Å². The summed E-state index contributed by atoms with van der Waals surface area (Å²) in [5.74, 6) is 0.481. The van der Waals surface area contributed by atoms with Gasteiger partial charge in [-0.1, -0.05) is 0 Å². The van der Waals surface area contributed by atoms with Crippen molar-refractivity contribution < 1.29 is 4.39 Å². The highest BCUT2D eigenvalue weighted by atomic mass is 19.1. The van der Waals surface area contributed by atoms with E-state index in [1.54, 1.807) is 12.3 Å². The predicted octanol–water partition coefficient (Wildman–Crippen LogP) is 1.26. The average molecular weight is 223 g/mol. The van der Waals surface area contributed by atoms with Crippen molar-refractivity contribution >= 4 is 0 Å². The molecule has 2 rings (SSSR count). The summed E-state index contributed by atoms with van der Waals surface area (Å²) in [6.45, 7) is 4.07. The first-order chi connectivity index (χ1) is 7.78. The lowest BCUT2D eigenvalue weighted by Gasteiger charge is -2.15. The van der Waals surface area contributed by atoms with Gasteiger partial charge in [0.15, 0.2) is 0 Å². The van der Waals surface area contributed by atoms with Crippen molar-refractivity contribution in [3.8, 4) is 0 Å². The molecule has 1 aliphatic rings. The fourth-order valence-corrected chi connectivity index (χ4v) is 2.31. The SMILES string of the molecule is CNCC1CCN(Cc2cncc(F)c2)C1. The first kappa shape index (κ1) is 11.5. The van der Waals surface area contributed by atoms with Crippen LogP contribution in [0.4, 0.5) is 4.39 Å². The van der Waals surface area contributed by atoms with Gasteiger partial charge in [-0.3, -0.25) is 9.88 Å². The number of halogens is 1. The Labute approximate surface area is 95.7 Å². The summed E-state index contributed by atoms with van der Waals surface area (Å²) in [6.07, 6.45) is 4.22. The maximum absolute atomic E-state index is 12.9. The molecule has 1 aromatic rings. The second kappa shape index (κ2) is 5.37. The molecule has 0 bridgehead atoms. The highest BCUT2D eigenvalue weighted by molar-refractivity contribution is 5.10. The molecule has 1 aliphatic heterocycles. The van der Waals surface area contributed by atoms with Gasteiger partial charge in [0.1, 0.15) is 5.82 Å². The highest BCUT2D eigenvalue weighted by Crippen LogP contribution is 2.17. The van der Waals surface area contributed by atoms with Crippen molar-refractivity contribution in [1.82, 2.24) is 15.2 Å². The molecular formula is C12H18FN3. The van der Waals surface area contributed by atoms with Crippen molar-refractivity contribution in [2.75, 3.05) is 26.7 Å². The van der Waals surface area contributed by atoms with Crippen LogP contribution in [0.25, 0.3) is 0 Å². The summed E-state index contributed by atoms with van der Waals surface area (Å²) in [4.78, 5) is 6.23. The van der Waals surface area contributed by atoms with E-state index >= 15 is 0 Å². The van der Waals surface area contributed by atoms with Gasteiger partial charge in [-0.05, 0) is 44.1 Å². The second-order valence-corrected chi connectivity index (χ2v) is 4.46. The molecule has 2 heterocycles. The lowest BCUT2D eigenvalue weighted by Crippen LogP contribution is -2.24. The van der Waals surface area contributed by atoms with Crippen molar-refractivity contribution in [2.45, 2.75) is 13.0 Å².